The fraction of sp³-hybridized carbons (Fsp3) is 0.600. The van der Waals surface area contributed by atoms with E-state index in [2.05, 4.69) is 19.2 Å². The lowest BCUT2D eigenvalue weighted by molar-refractivity contribution is 0.142. The molecule has 4 heteroatoms. The van der Waals surface area contributed by atoms with Gasteiger partial charge < -0.3 is 10.4 Å². The number of aliphatic hydroxyl groups is 1. The van der Waals surface area contributed by atoms with E-state index in [1.165, 1.54) is 0 Å². The molecule has 1 heterocycles. The van der Waals surface area contributed by atoms with Gasteiger partial charge in [-0.3, -0.25) is 0 Å². The molecule has 0 amide bonds. The van der Waals surface area contributed by atoms with Gasteiger partial charge in [-0.05, 0) is 18.4 Å². The minimum absolute atomic E-state index is 0.0671. The molecule has 0 aromatic carbocycles. The molecule has 2 N–H and O–H groups in total. The van der Waals surface area contributed by atoms with Gasteiger partial charge in [0.15, 0.2) is 0 Å². The SMILES string of the molecule is CC(C)NC(c1sccc1Cl)C(C)O. The standard InChI is InChI=1S/C10H16ClNOS/c1-6(2)12-9(7(3)13)10-8(11)4-5-14-10/h4-7,9,12-13H,1-3H3. The lowest BCUT2D eigenvalue weighted by atomic mass is 10.1. The molecule has 0 saturated heterocycles. The first-order chi connectivity index (χ1) is 6.52. The van der Waals surface area contributed by atoms with E-state index in [4.69, 9.17) is 11.6 Å². The number of halogens is 1. The molecule has 0 aliphatic heterocycles. The van der Waals surface area contributed by atoms with Gasteiger partial charge >= 0.3 is 0 Å². The summed E-state index contributed by atoms with van der Waals surface area (Å²) in [7, 11) is 0. The van der Waals surface area contributed by atoms with Crippen LogP contribution in [0, 0.1) is 0 Å². The van der Waals surface area contributed by atoms with E-state index in [9.17, 15) is 5.11 Å². The first-order valence-corrected chi connectivity index (χ1v) is 5.95. The number of aliphatic hydroxyl groups excluding tert-OH is 1. The summed E-state index contributed by atoms with van der Waals surface area (Å²) in [6.45, 7) is 5.88. The van der Waals surface area contributed by atoms with Crippen molar-refractivity contribution in [3.8, 4) is 0 Å². The number of nitrogens with one attached hydrogen (secondary N) is 1. The summed E-state index contributed by atoms with van der Waals surface area (Å²) in [6, 6.07) is 2.12. The highest BCUT2D eigenvalue weighted by Crippen LogP contribution is 2.30. The Hall–Kier alpha value is -0.0900. The third kappa shape index (κ3) is 2.95. The van der Waals surface area contributed by atoms with Crippen LogP contribution >= 0.6 is 22.9 Å². The molecule has 0 radical (unpaired) electrons. The van der Waals surface area contributed by atoms with Gasteiger partial charge in [0.25, 0.3) is 0 Å². The lowest BCUT2D eigenvalue weighted by Crippen LogP contribution is -2.34. The second-order valence-electron chi connectivity index (χ2n) is 3.67. The Labute approximate surface area is 93.9 Å². The summed E-state index contributed by atoms with van der Waals surface area (Å²) < 4.78 is 0. The van der Waals surface area contributed by atoms with Gasteiger partial charge in [0.05, 0.1) is 17.2 Å². The summed E-state index contributed by atoms with van der Waals surface area (Å²) in [6.07, 6.45) is -0.437. The molecule has 2 atom stereocenters. The average Bonchev–Trinajstić information content (AvgIpc) is 2.46. The first kappa shape index (κ1) is 12.0. The van der Waals surface area contributed by atoms with Crippen LogP contribution < -0.4 is 5.32 Å². The molecular weight excluding hydrogens is 218 g/mol. The van der Waals surface area contributed by atoms with Crippen LogP contribution in [0.25, 0.3) is 0 Å². The van der Waals surface area contributed by atoms with Gasteiger partial charge in [-0.2, -0.15) is 0 Å². The van der Waals surface area contributed by atoms with Crippen molar-refractivity contribution in [2.45, 2.75) is 39.0 Å². The largest absolute Gasteiger partial charge is 0.391 e. The van der Waals surface area contributed by atoms with Crippen molar-refractivity contribution in [1.82, 2.24) is 5.32 Å². The lowest BCUT2D eigenvalue weighted by Gasteiger charge is -2.23. The Balaban J connectivity index is 2.83. The molecule has 2 nitrogen and oxygen atoms in total. The van der Waals surface area contributed by atoms with E-state index in [1.807, 2.05) is 11.4 Å². The summed E-state index contributed by atoms with van der Waals surface area (Å²) in [5, 5.41) is 15.6. The minimum Gasteiger partial charge on any atom is -0.391 e. The van der Waals surface area contributed by atoms with Gasteiger partial charge in [0.2, 0.25) is 0 Å². The minimum atomic E-state index is -0.437. The van der Waals surface area contributed by atoms with Crippen LogP contribution in [0.1, 0.15) is 31.7 Å². The predicted octanol–water partition coefficient (Wildman–Crippen LogP) is 2.82. The van der Waals surface area contributed by atoms with Crippen molar-refractivity contribution in [1.29, 1.82) is 0 Å². The maximum Gasteiger partial charge on any atom is 0.0715 e. The predicted molar refractivity (Wildman–Crippen MR) is 62.0 cm³/mol. The Kier molecular flexibility index (Phi) is 4.38. The number of rotatable bonds is 4. The zero-order valence-electron chi connectivity index (χ0n) is 8.62. The van der Waals surface area contributed by atoms with Crippen molar-refractivity contribution in [3.63, 3.8) is 0 Å². The molecule has 14 heavy (non-hydrogen) atoms. The molecule has 1 rings (SSSR count). The molecule has 0 saturated carbocycles. The summed E-state index contributed by atoms with van der Waals surface area (Å²) in [5.74, 6) is 0. The molecular formula is C10H16ClNOS. The second kappa shape index (κ2) is 5.12. The van der Waals surface area contributed by atoms with Crippen LogP contribution in [0.4, 0.5) is 0 Å². The van der Waals surface area contributed by atoms with Gasteiger partial charge in [0, 0.05) is 10.9 Å². The Morgan fingerprint density at radius 3 is 2.43 bits per heavy atom. The fourth-order valence-electron chi connectivity index (χ4n) is 1.32. The van der Waals surface area contributed by atoms with E-state index < -0.39 is 6.10 Å². The van der Waals surface area contributed by atoms with Crippen LogP contribution in [0.15, 0.2) is 11.4 Å². The molecule has 1 aromatic rings. The normalized spacial score (nSPS) is 15.9. The number of hydrogen-bond donors (Lipinski definition) is 2. The monoisotopic (exact) mass is 233 g/mol. The summed E-state index contributed by atoms with van der Waals surface area (Å²) in [4.78, 5) is 1.01. The van der Waals surface area contributed by atoms with Crippen molar-refractivity contribution in [2.24, 2.45) is 0 Å². The van der Waals surface area contributed by atoms with E-state index in [1.54, 1.807) is 18.3 Å². The zero-order chi connectivity index (χ0) is 10.7. The fourth-order valence-corrected chi connectivity index (χ4v) is 2.65. The second-order valence-corrected chi connectivity index (χ2v) is 5.03. The van der Waals surface area contributed by atoms with E-state index in [0.29, 0.717) is 6.04 Å². The number of thiophene rings is 1. The maximum atomic E-state index is 9.64. The van der Waals surface area contributed by atoms with Crippen molar-refractivity contribution < 1.29 is 5.11 Å². The molecule has 80 valence electrons. The highest BCUT2D eigenvalue weighted by molar-refractivity contribution is 7.10. The summed E-state index contributed by atoms with van der Waals surface area (Å²) >= 11 is 7.59. The molecule has 0 aliphatic carbocycles. The third-order valence-electron chi connectivity index (χ3n) is 1.92. The first-order valence-electron chi connectivity index (χ1n) is 4.69. The molecule has 0 bridgehead atoms. The van der Waals surface area contributed by atoms with Gasteiger partial charge in [-0.15, -0.1) is 11.3 Å². The summed E-state index contributed by atoms with van der Waals surface area (Å²) in [5.41, 5.74) is 0. The smallest absolute Gasteiger partial charge is 0.0715 e. The maximum absolute atomic E-state index is 9.64. The van der Waals surface area contributed by atoms with Crippen LogP contribution in [-0.2, 0) is 0 Å². The van der Waals surface area contributed by atoms with Gasteiger partial charge in [0.1, 0.15) is 0 Å². The average molecular weight is 234 g/mol. The van der Waals surface area contributed by atoms with E-state index in [0.717, 1.165) is 9.90 Å². The molecule has 0 aliphatic rings. The van der Waals surface area contributed by atoms with Crippen LogP contribution in [0.5, 0.6) is 0 Å². The Morgan fingerprint density at radius 2 is 2.07 bits per heavy atom. The highest BCUT2D eigenvalue weighted by Gasteiger charge is 2.21. The van der Waals surface area contributed by atoms with Crippen molar-refractivity contribution >= 4 is 22.9 Å². The Morgan fingerprint density at radius 1 is 1.43 bits per heavy atom. The quantitative estimate of drug-likeness (QED) is 0.838. The zero-order valence-corrected chi connectivity index (χ0v) is 10.2. The van der Waals surface area contributed by atoms with Crippen molar-refractivity contribution in [3.05, 3.63) is 21.3 Å². The topological polar surface area (TPSA) is 32.3 Å². The van der Waals surface area contributed by atoms with Crippen LogP contribution in [0.3, 0.4) is 0 Å². The molecule has 2 unspecified atom stereocenters. The van der Waals surface area contributed by atoms with E-state index in [-0.39, 0.29) is 6.04 Å². The highest BCUT2D eigenvalue weighted by atomic mass is 35.5. The third-order valence-corrected chi connectivity index (χ3v) is 3.36. The van der Waals surface area contributed by atoms with Crippen molar-refractivity contribution in [2.75, 3.05) is 0 Å². The van der Waals surface area contributed by atoms with Gasteiger partial charge in [-0.1, -0.05) is 25.4 Å². The van der Waals surface area contributed by atoms with Crippen LogP contribution in [0.2, 0.25) is 5.02 Å². The molecule has 1 aromatic heterocycles. The molecule has 0 fully saturated rings. The Bertz CT molecular complexity index is 285. The number of hydrogen-bond acceptors (Lipinski definition) is 3. The van der Waals surface area contributed by atoms with Gasteiger partial charge in [-0.25, -0.2) is 0 Å². The van der Waals surface area contributed by atoms with Crippen LogP contribution in [-0.4, -0.2) is 17.3 Å². The molecule has 0 spiro atoms. The van der Waals surface area contributed by atoms with E-state index >= 15 is 0 Å².